The zero-order valence-corrected chi connectivity index (χ0v) is 14.6. The van der Waals surface area contributed by atoms with Crippen molar-refractivity contribution in [3.63, 3.8) is 0 Å². The number of benzene rings is 1. The number of amides is 2. The van der Waals surface area contributed by atoms with E-state index in [4.69, 9.17) is 15.2 Å². The summed E-state index contributed by atoms with van der Waals surface area (Å²) in [6, 6.07) is 5.79. The molecular formula is C18H26N3O4+. The zero-order valence-electron chi connectivity index (χ0n) is 14.6. The van der Waals surface area contributed by atoms with Crippen molar-refractivity contribution in [2.75, 3.05) is 39.9 Å². The molecule has 0 radical (unpaired) electrons. The van der Waals surface area contributed by atoms with E-state index in [0.29, 0.717) is 26.3 Å². The molecule has 7 nitrogen and oxygen atoms in total. The fourth-order valence-electron chi connectivity index (χ4n) is 3.38. The van der Waals surface area contributed by atoms with Gasteiger partial charge in [-0.1, -0.05) is 6.07 Å². The third-order valence-electron chi connectivity index (χ3n) is 4.95. The van der Waals surface area contributed by atoms with Crippen LogP contribution in [0.4, 0.5) is 0 Å². The van der Waals surface area contributed by atoms with Crippen molar-refractivity contribution in [3.05, 3.63) is 23.8 Å². The molecule has 1 aromatic carbocycles. The molecule has 7 heteroatoms. The van der Waals surface area contributed by atoms with E-state index in [1.807, 2.05) is 25.2 Å². The Morgan fingerprint density at radius 3 is 2.56 bits per heavy atom. The van der Waals surface area contributed by atoms with Gasteiger partial charge in [-0.2, -0.15) is 0 Å². The fraction of sp³-hybridized carbons (Fsp3) is 0.556. The summed E-state index contributed by atoms with van der Waals surface area (Å²) in [4.78, 5) is 26.6. The zero-order chi connectivity index (χ0) is 17.8. The molecular weight excluding hydrogens is 322 g/mol. The average Bonchev–Trinajstić information content (AvgIpc) is 2.62. The molecule has 3 N–H and O–H groups in total. The Balaban J connectivity index is 1.50. The summed E-state index contributed by atoms with van der Waals surface area (Å²) >= 11 is 0. The maximum atomic E-state index is 12.5. The van der Waals surface area contributed by atoms with Gasteiger partial charge in [0.05, 0.1) is 13.1 Å². The van der Waals surface area contributed by atoms with Gasteiger partial charge < -0.3 is 25.0 Å². The molecule has 0 aromatic heterocycles. The van der Waals surface area contributed by atoms with E-state index in [-0.39, 0.29) is 17.7 Å². The molecule has 25 heavy (non-hydrogen) atoms. The standard InChI is InChI=1S/C18H25N3O4/c1-20(11-13-2-3-15-16(10-13)25-9-8-24-15)17(22)12-21-6-4-14(5-7-21)18(19)23/h2-3,10,14H,4-9,11-12H2,1H3,(H2,19,23)/p+1. The van der Waals surface area contributed by atoms with Gasteiger partial charge in [0, 0.05) is 32.4 Å². The number of rotatable bonds is 5. The van der Waals surface area contributed by atoms with Gasteiger partial charge in [-0.05, 0) is 17.7 Å². The number of carbonyl (C=O) groups excluding carboxylic acids is 2. The molecule has 0 bridgehead atoms. The number of carbonyl (C=O) groups is 2. The minimum Gasteiger partial charge on any atom is -0.486 e. The van der Waals surface area contributed by atoms with Crippen molar-refractivity contribution in [1.29, 1.82) is 0 Å². The predicted octanol–water partition coefficient (Wildman–Crippen LogP) is -0.804. The van der Waals surface area contributed by atoms with Crippen LogP contribution in [0.3, 0.4) is 0 Å². The van der Waals surface area contributed by atoms with Crippen LogP contribution in [0.1, 0.15) is 18.4 Å². The van der Waals surface area contributed by atoms with Crippen molar-refractivity contribution in [1.82, 2.24) is 4.90 Å². The molecule has 1 saturated heterocycles. The second kappa shape index (κ2) is 7.74. The Bertz CT molecular complexity index is 641. The van der Waals surface area contributed by atoms with Gasteiger partial charge >= 0.3 is 0 Å². The highest BCUT2D eigenvalue weighted by Gasteiger charge is 2.27. The molecule has 2 amide bonds. The third-order valence-corrected chi connectivity index (χ3v) is 4.95. The number of fused-ring (bicyclic) bond motifs is 1. The molecule has 3 rings (SSSR count). The number of nitrogens with two attached hydrogens (primary N) is 1. The third kappa shape index (κ3) is 4.42. The molecule has 0 unspecified atom stereocenters. The summed E-state index contributed by atoms with van der Waals surface area (Å²) in [5, 5.41) is 0. The van der Waals surface area contributed by atoms with Gasteiger partial charge in [0.25, 0.3) is 5.91 Å². The normalized spacial score (nSPS) is 22.3. The Morgan fingerprint density at radius 2 is 1.88 bits per heavy atom. The second-order valence-electron chi connectivity index (χ2n) is 6.83. The van der Waals surface area contributed by atoms with Gasteiger partial charge in [0.2, 0.25) is 5.91 Å². The smallest absolute Gasteiger partial charge is 0.277 e. The van der Waals surface area contributed by atoms with Gasteiger partial charge in [-0.15, -0.1) is 0 Å². The molecule has 2 heterocycles. The van der Waals surface area contributed by atoms with Crippen LogP contribution in [0.15, 0.2) is 18.2 Å². The maximum absolute atomic E-state index is 12.5. The van der Waals surface area contributed by atoms with Crippen molar-refractivity contribution in [2.24, 2.45) is 11.7 Å². The van der Waals surface area contributed by atoms with Gasteiger partial charge in [-0.25, -0.2) is 0 Å². The number of ether oxygens (including phenoxy) is 2. The number of nitrogens with zero attached hydrogens (tertiary/aromatic N) is 1. The van der Waals surface area contributed by atoms with Gasteiger partial charge in [0.15, 0.2) is 18.0 Å². The van der Waals surface area contributed by atoms with Crippen LogP contribution in [0.2, 0.25) is 0 Å². The van der Waals surface area contributed by atoms with Crippen LogP contribution in [-0.2, 0) is 16.1 Å². The van der Waals surface area contributed by atoms with E-state index in [2.05, 4.69) is 0 Å². The van der Waals surface area contributed by atoms with Crippen LogP contribution >= 0.6 is 0 Å². The minimum atomic E-state index is -0.221. The maximum Gasteiger partial charge on any atom is 0.277 e. The van der Waals surface area contributed by atoms with Crippen molar-refractivity contribution in [3.8, 4) is 11.5 Å². The summed E-state index contributed by atoms with van der Waals surface area (Å²) in [7, 11) is 1.81. The Kier molecular flexibility index (Phi) is 5.43. The largest absolute Gasteiger partial charge is 0.486 e. The van der Waals surface area contributed by atoms with Crippen LogP contribution in [0.25, 0.3) is 0 Å². The summed E-state index contributed by atoms with van der Waals surface area (Å²) < 4.78 is 11.1. The number of primary amides is 1. The first-order valence-corrected chi connectivity index (χ1v) is 8.78. The molecule has 2 aliphatic heterocycles. The van der Waals surface area contributed by atoms with Gasteiger partial charge in [-0.3, -0.25) is 9.59 Å². The van der Waals surface area contributed by atoms with E-state index < -0.39 is 0 Å². The highest BCUT2D eigenvalue weighted by molar-refractivity contribution is 5.77. The lowest BCUT2D eigenvalue weighted by Gasteiger charge is -2.28. The lowest BCUT2D eigenvalue weighted by Crippen LogP contribution is -3.14. The summed E-state index contributed by atoms with van der Waals surface area (Å²) in [6.45, 7) is 3.74. The average molecular weight is 348 g/mol. The molecule has 0 spiro atoms. The van der Waals surface area contributed by atoms with Crippen molar-refractivity contribution >= 4 is 11.8 Å². The van der Waals surface area contributed by atoms with E-state index in [1.54, 1.807) is 4.90 Å². The van der Waals surface area contributed by atoms with E-state index in [1.165, 1.54) is 4.90 Å². The lowest BCUT2D eigenvalue weighted by molar-refractivity contribution is -0.898. The quantitative estimate of drug-likeness (QED) is 0.729. The summed E-state index contributed by atoms with van der Waals surface area (Å²) in [5.74, 6) is 1.34. The molecule has 0 saturated carbocycles. The molecule has 136 valence electrons. The minimum absolute atomic E-state index is 0.0331. The summed E-state index contributed by atoms with van der Waals surface area (Å²) in [6.07, 6.45) is 1.54. The van der Waals surface area contributed by atoms with Crippen LogP contribution in [0, 0.1) is 5.92 Å². The van der Waals surface area contributed by atoms with Crippen molar-refractivity contribution < 1.29 is 24.0 Å². The Labute approximate surface area is 147 Å². The summed E-state index contributed by atoms with van der Waals surface area (Å²) in [5.41, 5.74) is 6.37. The first-order chi connectivity index (χ1) is 12.0. The van der Waals surface area contributed by atoms with Gasteiger partial charge in [0.1, 0.15) is 13.2 Å². The molecule has 1 aromatic rings. The highest BCUT2D eigenvalue weighted by Crippen LogP contribution is 2.30. The molecule has 0 aliphatic carbocycles. The number of hydrogen-bond acceptors (Lipinski definition) is 4. The fourth-order valence-corrected chi connectivity index (χ4v) is 3.38. The monoisotopic (exact) mass is 348 g/mol. The molecule has 1 fully saturated rings. The molecule has 0 atom stereocenters. The number of hydrogen-bond donors (Lipinski definition) is 2. The Hall–Kier alpha value is -2.28. The first kappa shape index (κ1) is 17.5. The number of piperidine rings is 1. The lowest BCUT2D eigenvalue weighted by atomic mass is 9.96. The van der Waals surface area contributed by atoms with Crippen molar-refractivity contribution in [2.45, 2.75) is 19.4 Å². The topological polar surface area (TPSA) is 86.3 Å². The van der Waals surface area contributed by atoms with E-state index in [9.17, 15) is 9.59 Å². The number of likely N-dealkylation sites (N-methyl/N-ethyl adjacent to an activating group) is 1. The highest BCUT2D eigenvalue weighted by atomic mass is 16.6. The van der Waals surface area contributed by atoms with E-state index in [0.717, 1.165) is 43.0 Å². The van der Waals surface area contributed by atoms with E-state index >= 15 is 0 Å². The number of nitrogens with one attached hydrogen (secondary N) is 1. The number of likely N-dealkylation sites (tertiary alicyclic amines) is 1. The Morgan fingerprint density at radius 1 is 1.20 bits per heavy atom. The van der Waals surface area contributed by atoms with Crippen LogP contribution in [0.5, 0.6) is 11.5 Å². The van der Waals surface area contributed by atoms with Crippen LogP contribution in [-0.4, -0.2) is 56.6 Å². The predicted molar refractivity (Wildman–Crippen MR) is 91.4 cm³/mol. The number of quaternary nitrogens is 1. The second-order valence-corrected chi connectivity index (χ2v) is 6.83. The van der Waals surface area contributed by atoms with Crippen LogP contribution < -0.4 is 20.1 Å². The molecule has 2 aliphatic rings. The first-order valence-electron chi connectivity index (χ1n) is 8.78. The SMILES string of the molecule is CN(Cc1ccc2c(c1)OCCO2)C(=O)C[NH+]1CCC(C(N)=O)CC1.